The van der Waals surface area contributed by atoms with Gasteiger partial charge in [-0.2, -0.15) is 5.10 Å². The van der Waals surface area contributed by atoms with Gasteiger partial charge in [0.2, 0.25) is 0 Å². The quantitative estimate of drug-likeness (QED) is 0.723. The molecule has 6 nitrogen and oxygen atoms in total. The average Bonchev–Trinajstić information content (AvgIpc) is 3.08. The van der Waals surface area contributed by atoms with E-state index in [-0.39, 0.29) is 5.56 Å². The number of ether oxygens (including phenoxy) is 1. The summed E-state index contributed by atoms with van der Waals surface area (Å²) in [5.41, 5.74) is 1.52. The Morgan fingerprint density at radius 1 is 1.33 bits per heavy atom. The summed E-state index contributed by atoms with van der Waals surface area (Å²) < 4.78 is 7.12. The van der Waals surface area contributed by atoms with Gasteiger partial charge in [-0.25, -0.2) is 0 Å². The Kier molecular flexibility index (Phi) is 4.96. The first-order valence-electron chi connectivity index (χ1n) is 8.01. The van der Waals surface area contributed by atoms with Gasteiger partial charge < -0.3 is 14.6 Å². The third kappa shape index (κ3) is 3.83. The molecule has 3 rings (SSSR count). The Labute approximate surface area is 140 Å². The van der Waals surface area contributed by atoms with E-state index < -0.39 is 0 Å². The molecule has 0 aliphatic carbocycles. The zero-order chi connectivity index (χ0) is 16.9. The maximum atomic E-state index is 12.3. The largest absolute Gasteiger partial charge is 0.497 e. The number of benzene rings is 1. The maximum absolute atomic E-state index is 12.3. The molecule has 0 bridgehead atoms. The fourth-order valence-electron chi connectivity index (χ4n) is 2.77. The molecule has 0 unspecified atom stereocenters. The molecule has 2 heterocycles. The Morgan fingerprint density at radius 2 is 2.21 bits per heavy atom. The van der Waals surface area contributed by atoms with Gasteiger partial charge in [0.05, 0.1) is 12.6 Å². The summed E-state index contributed by atoms with van der Waals surface area (Å²) in [6, 6.07) is 9.59. The number of H-pyrrole nitrogens is 1. The van der Waals surface area contributed by atoms with E-state index in [1.807, 2.05) is 48.3 Å². The zero-order valence-corrected chi connectivity index (χ0v) is 14.0. The highest BCUT2D eigenvalue weighted by Gasteiger charge is 2.07. The average molecular weight is 326 g/mol. The Balaban J connectivity index is 1.65. The van der Waals surface area contributed by atoms with Crippen LogP contribution < -0.4 is 10.3 Å². The molecule has 0 aliphatic heterocycles. The minimum atomic E-state index is -0.0466. The van der Waals surface area contributed by atoms with Crippen molar-refractivity contribution < 1.29 is 4.74 Å². The lowest BCUT2D eigenvalue weighted by molar-refractivity contribution is 0.310. The van der Waals surface area contributed by atoms with Crippen LogP contribution in [-0.2, 0) is 13.1 Å². The smallest absolute Gasteiger partial charge is 0.252 e. The second-order valence-electron chi connectivity index (χ2n) is 5.94. The van der Waals surface area contributed by atoms with Crippen LogP contribution in [0.3, 0.4) is 0 Å². The fraction of sp³-hybridized carbons (Fsp3) is 0.333. The fourth-order valence-corrected chi connectivity index (χ4v) is 2.77. The lowest BCUT2D eigenvalue weighted by atomic mass is 10.1. The van der Waals surface area contributed by atoms with Gasteiger partial charge in [-0.15, -0.1) is 0 Å². The van der Waals surface area contributed by atoms with E-state index in [9.17, 15) is 4.79 Å². The van der Waals surface area contributed by atoms with E-state index in [0.29, 0.717) is 6.54 Å². The van der Waals surface area contributed by atoms with Crippen LogP contribution in [0.25, 0.3) is 10.9 Å². The number of hydrogen-bond donors (Lipinski definition) is 1. The number of fused-ring (bicyclic) bond motifs is 1. The Hall–Kier alpha value is -2.60. The Morgan fingerprint density at radius 3 is 2.96 bits per heavy atom. The summed E-state index contributed by atoms with van der Waals surface area (Å²) in [5.74, 6) is 0.738. The number of aromatic nitrogens is 3. The van der Waals surface area contributed by atoms with E-state index in [0.717, 1.165) is 41.7 Å². The number of aryl methyl sites for hydroxylation is 1. The van der Waals surface area contributed by atoms with Crippen molar-refractivity contribution in [3.8, 4) is 5.75 Å². The molecule has 1 aromatic carbocycles. The van der Waals surface area contributed by atoms with Gasteiger partial charge in [-0.1, -0.05) is 0 Å². The normalized spacial score (nSPS) is 11.3. The molecule has 0 saturated heterocycles. The molecule has 6 heteroatoms. The third-order valence-electron chi connectivity index (χ3n) is 4.06. The lowest BCUT2D eigenvalue weighted by Gasteiger charge is -2.16. The number of rotatable bonds is 7. The van der Waals surface area contributed by atoms with Crippen LogP contribution in [0, 0.1) is 0 Å². The van der Waals surface area contributed by atoms with Crippen molar-refractivity contribution in [1.82, 2.24) is 19.7 Å². The van der Waals surface area contributed by atoms with Crippen LogP contribution in [0.2, 0.25) is 0 Å². The summed E-state index contributed by atoms with van der Waals surface area (Å²) in [7, 11) is 3.65. The van der Waals surface area contributed by atoms with Crippen LogP contribution in [-0.4, -0.2) is 40.4 Å². The van der Waals surface area contributed by atoms with Crippen molar-refractivity contribution in [1.29, 1.82) is 0 Å². The third-order valence-corrected chi connectivity index (χ3v) is 4.06. The molecule has 0 spiro atoms. The minimum Gasteiger partial charge on any atom is -0.497 e. The van der Waals surface area contributed by atoms with Crippen molar-refractivity contribution >= 4 is 10.9 Å². The molecule has 2 aromatic heterocycles. The first kappa shape index (κ1) is 16.3. The van der Waals surface area contributed by atoms with Crippen LogP contribution in [0.5, 0.6) is 5.75 Å². The summed E-state index contributed by atoms with van der Waals surface area (Å²) in [4.78, 5) is 17.4. The van der Waals surface area contributed by atoms with Crippen LogP contribution in [0.4, 0.5) is 0 Å². The first-order chi connectivity index (χ1) is 11.7. The van der Waals surface area contributed by atoms with E-state index in [4.69, 9.17) is 4.74 Å². The predicted molar refractivity (Wildman–Crippen MR) is 94.3 cm³/mol. The van der Waals surface area contributed by atoms with E-state index in [2.05, 4.69) is 15.0 Å². The SMILES string of the molecule is COc1ccc2cc(CN(C)CCCn3cccn3)c(=O)[nH]c2c1. The molecule has 0 saturated carbocycles. The summed E-state index contributed by atoms with van der Waals surface area (Å²) >= 11 is 0. The molecule has 1 N–H and O–H groups in total. The minimum absolute atomic E-state index is 0.0466. The molecule has 0 radical (unpaired) electrons. The van der Waals surface area contributed by atoms with Gasteiger partial charge >= 0.3 is 0 Å². The molecule has 0 aliphatic rings. The summed E-state index contributed by atoms with van der Waals surface area (Å²) in [5, 5.41) is 5.20. The van der Waals surface area contributed by atoms with Crippen LogP contribution in [0.1, 0.15) is 12.0 Å². The lowest BCUT2D eigenvalue weighted by Crippen LogP contribution is -2.25. The second-order valence-corrected chi connectivity index (χ2v) is 5.94. The number of nitrogens with zero attached hydrogens (tertiary/aromatic N) is 3. The van der Waals surface area contributed by atoms with Gasteiger partial charge in [0, 0.05) is 37.1 Å². The number of nitrogens with one attached hydrogen (secondary N) is 1. The predicted octanol–water partition coefficient (Wildman–Crippen LogP) is 2.26. The molecular weight excluding hydrogens is 304 g/mol. The first-order valence-corrected chi connectivity index (χ1v) is 8.01. The van der Waals surface area contributed by atoms with Crippen molar-refractivity contribution in [3.05, 3.63) is 58.6 Å². The maximum Gasteiger partial charge on any atom is 0.252 e. The summed E-state index contributed by atoms with van der Waals surface area (Å²) in [6.45, 7) is 2.40. The van der Waals surface area contributed by atoms with E-state index in [1.54, 1.807) is 13.3 Å². The number of aromatic amines is 1. The number of methoxy groups -OCH3 is 1. The van der Waals surface area contributed by atoms with Gasteiger partial charge in [-0.05, 0) is 49.7 Å². The molecule has 126 valence electrons. The summed E-state index contributed by atoms with van der Waals surface area (Å²) in [6.07, 6.45) is 4.73. The van der Waals surface area contributed by atoms with Gasteiger partial charge in [0.25, 0.3) is 5.56 Å². The molecular formula is C18H22N4O2. The van der Waals surface area contributed by atoms with Crippen molar-refractivity contribution in [3.63, 3.8) is 0 Å². The van der Waals surface area contributed by atoms with Gasteiger partial charge in [-0.3, -0.25) is 9.48 Å². The van der Waals surface area contributed by atoms with Crippen LogP contribution >= 0.6 is 0 Å². The molecule has 3 aromatic rings. The number of hydrogen-bond acceptors (Lipinski definition) is 4. The number of pyridine rings is 1. The molecule has 0 amide bonds. The van der Waals surface area contributed by atoms with Crippen molar-refractivity contribution in [2.75, 3.05) is 20.7 Å². The van der Waals surface area contributed by atoms with Crippen LogP contribution in [0.15, 0.2) is 47.5 Å². The van der Waals surface area contributed by atoms with Crippen molar-refractivity contribution in [2.24, 2.45) is 0 Å². The zero-order valence-electron chi connectivity index (χ0n) is 14.0. The topological polar surface area (TPSA) is 63.1 Å². The van der Waals surface area contributed by atoms with Gasteiger partial charge in [0.1, 0.15) is 5.75 Å². The molecule has 24 heavy (non-hydrogen) atoms. The monoisotopic (exact) mass is 326 g/mol. The van der Waals surface area contributed by atoms with Gasteiger partial charge in [0.15, 0.2) is 0 Å². The Bertz CT molecular complexity index is 855. The van der Waals surface area contributed by atoms with Crippen molar-refractivity contribution in [2.45, 2.75) is 19.5 Å². The highest BCUT2D eigenvalue weighted by molar-refractivity contribution is 5.80. The molecule has 0 fully saturated rings. The second kappa shape index (κ2) is 7.31. The van der Waals surface area contributed by atoms with E-state index >= 15 is 0 Å². The highest BCUT2D eigenvalue weighted by atomic mass is 16.5. The standard InChI is InChI=1S/C18H22N4O2/c1-21(8-4-10-22-9-3-7-19-22)13-15-11-14-5-6-16(24-2)12-17(14)20-18(15)23/h3,5-7,9,11-12H,4,8,10,13H2,1-2H3,(H,20,23). The van der Waals surface area contributed by atoms with E-state index in [1.165, 1.54) is 0 Å². The molecule has 0 atom stereocenters. The highest BCUT2D eigenvalue weighted by Crippen LogP contribution is 2.18.